The Bertz CT molecular complexity index is 1260. The molecule has 2 aliphatic rings. The van der Waals surface area contributed by atoms with Gasteiger partial charge in [0.15, 0.2) is 5.65 Å². The fraction of sp³-hybridized carbons (Fsp3) is 0.500. The third-order valence-electron chi connectivity index (χ3n) is 7.56. The summed E-state index contributed by atoms with van der Waals surface area (Å²) in [6, 6.07) is 7.78. The predicted octanol–water partition coefficient (Wildman–Crippen LogP) is 2.42. The summed E-state index contributed by atoms with van der Waals surface area (Å²) in [5, 5.41) is 3.45. The van der Waals surface area contributed by atoms with Crippen LogP contribution in [0.1, 0.15) is 26.2 Å². The third-order valence-corrected chi connectivity index (χ3v) is 7.56. The molecule has 0 aliphatic carbocycles. The molecule has 1 N–H and O–H groups in total. The van der Waals surface area contributed by atoms with Gasteiger partial charge in [-0.05, 0) is 38.3 Å². The van der Waals surface area contributed by atoms with E-state index in [-0.39, 0.29) is 11.8 Å². The van der Waals surface area contributed by atoms with E-state index >= 15 is 0 Å². The molecule has 1 unspecified atom stereocenters. The Morgan fingerprint density at radius 1 is 0.974 bits per heavy atom. The molecule has 0 spiro atoms. The number of carbonyl (C=O) groups is 2. The maximum Gasteiger partial charge on any atom is 0.244 e. The van der Waals surface area contributed by atoms with Crippen LogP contribution in [0.15, 0.2) is 42.9 Å². The highest BCUT2D eigenvalue weighted by molar-refractivity contribution is 5.87. The first-order chi connectivity index (χ1) is 18.4. The number of likely N-dealkylation sites (tertiary alicyclic amines) is 1. The van der Waals surface area contributed by atoms with Gasteiger partial charge in [0.25, 0.3) is 0 Å². The van der Waals surface area contributed by atoms with Gasteiger partial charge in [-0.3, -0.25) is 23.9 Å². The third kappa shape index (κ3) is 5.60. The lowest BCUT2D eigenvalue weighted by molar-refractivity contribution is -0.135. The molecule has 38 heavy (non-hydrogen) atoms. The number of anilines is 2. The largest absolute Gasteiger partial charge is 0.378 e. The van der Waals surface area contributed by atoms with Crippen molar-refractivity contribution in [3.63, 3.8) is 0 Å². The van der Waals surface area contributed by atoms with E-state index in [1.165, 1.54) is 6.42 Å². The first kappa shape index (κ1) is 26.0. The quantitative estimate of drug-likeness (QED) is 0.514. The smallest absolute Gasteiger partial charge is 0.244 e. The minimum Gasteiger partial charge on any atom is -0.378 e. The van der Waals surface area contributed by atoms with Crippen molar-refractivity contribution in [1.29, 1.82) is 0 Å². The van der Waals surface area contributed by atoms with Crippen LogP contribution in [0.5, 0.6) is 0 Å². The van der Waals surface area contributed by atoms with Gasteiger partial charge in [0.2, 0.25) is 11.8 Å². The second-order valence-electron chi connectivity index (χ2n) is 10.5. The SMILES string of the molecule is CC(Nc1c(-c2ccc(N(C)C)cc2)nc2cnccn12)C(=O)N1CCN(CC(=O)N2CCCCC2)CC1. The number of aromatic nitrogens is 3. The lowest BCUT2D eigenvalue weighted by Crippen LogP contribution is -2.54. The van der Waals surface area contributed by atoms with E-state index in [4.69, 9.17) is 4.98 Å². The number of imidazole rings is 1. The monoisotopic (exact) mass is 518 g/mol. The lowest BCUT2D eigenvalue weighted by Gasteiger charge is -2.37. The van der Waals surface area contributed by atoms with Crippen LogP contribution < -0.4 is 10.2 Å². The van der Waals surface area contributed by atoms with Crippen LogP contribution in [0.2, 0.25) is 0 Å². The van der Waals surface area contributed by atoms with Crippen molar-refractivity contribution in [2.24, 2.45) is 0 Å². The molecule has 2 aromatic heterocycles. The standard InChI is InChI=1S/C28H38N8O2/c1-21(28(38)35-17-15-33(16-18-35)20-25(37)34-12-5-4-6-13-34)30-27-26(31-24-19-29-11-14-36(24)27)22-7-9-23(10-8-22)32(2)3/h7-11,14,19,21,30H,4-6,12-13,15-18,20H2,1-3H3. The van der Waals surface area contributed by atoms with Gasteiger partial charge in [-0.1, -0.05) is 12.1 Å². The molecule has 202 valence electrons. The molecule has 10 heteroatoms. The Hall–Kier alpha value is -3.66. The van der Waals surface area contributed by atoms with Crippen molar-refractivity contribution >= 4 is 29.0 Å². The Morgan fingerprint density at radius 2 is 1.68 bits per heavy atom. The molecule has 2 amide bonds. The minimum atomic E-state index is -0.440. The Kier molecular flexibility index (Phi) is 7.78. The fourth-order valence-electron chi connectivity index (χ4n) is 5.27. The average Bonchev–Trinajstić information content (AvgIpc) is 3.31. The average molecular weight is 519 g/mol. The summed E-state index contributed by atoms with van der Waals surface area (Å²) in [5.41, 5.74) is 3.57. The van der Waals surface area contributed by atoms with Crippen LogP contribution in [0.4, 0.5) is 11.5 Å². The zero-order valence-corrected chi connectivity index (χ0v) is 22.6. The van der Waals surface area contributed by atoms with Crippen molar-refractivity contribution in [2.75, 3.05) is 70.1 Å². The van der Waals surface area contributed by atoms with Crippen LogP contribution in [0, 0.1) is 0 Å². The molecule has 2 aliphatic heterocycles. The molecular weight excluding hydrogens is 480 g/mol. The van der Waals surface area contributed by atoms with Crippen LogP contribution in [0.3, 0.4) is 0 Å². The van der Waals surface area contributed by atoms with E-state index in [1.54, 1.807) is 12.4 Å². The van der Waals surface area contributed by atoms with Crippen molar-refractivity contribution in [3.8, 4) is 11.3 Å². The van der Waals surface area contributed by atoms with Gasteiger partial charge in [0.1, 0.15) is 17.6 Å². The van der Waals surface area contributed by atoms with Gasteiger partial charge in [0, 0.05) is 77.0 Å². The number of piperidine rings is 1. The van der Waals surface area contributed by atoms with E-state index in [2.05, 4.69) is 32.2 Å². The summed E-state index contributed by atoms with van der Waals surface area (Å²) in [5.74, 6) is 1.03. The summed E-state index contributed by atoms with van der Waals surface area (Å²) in [6.07, 6.45) is 8.72. The molecule has 4 heterocycles. The number of benzene rings is 1. The highest BCUT2D eigenvalue weighted by Crippen LogP contribution is 2.30. The van der Waals surface area contributed by atoms with E-state index in [9.17, 15) is 9.59 Å². The molecule has 1 aromatic carbocycles. The van der Waals surface area contributed by atoms with E-state index in [0.717, 1.165) is 48.7 Å². The number of fused-ring (bicyclic) bond motifs is 1. The summed E-state index contributed by atoms with van der Waals surface area (Å²) in [6.45, 7) is 6.76. The maximum atomic E-state index is 13.4. The summed E-state index contributed by atoms with van der Waals surface area (Å²) in [4.78, 5) is 43.2. The molecule has 3 aromatic rings. The second-order valence-corrected chi connectivity index (χ2v) is 10.5. The van der Waals surface area contributed by atoms with E-state index < -0.39 is 6.04 Å². The van der Waals surface area contributed by atoms with Gasteiger partial charge in [-0.2, -0.15) is 0 Å². The summed E-state index contributed by atoms with van der Waals surface area (Å²) >= 11 is 0. The Morgan fingerprint density at radius 3 is 2.37 bits per heavy atom. The zero-order chi connectivity index (χ0) is 26.6. The minimum absolute atomic E-state index is 0.0462. The van der Waals surface area contributed by atoms with Gasteiger partial charge in [-0.15, -0.1) is 0 Å². The first-order valence-electron chi connectivity index (χ1n) is 13.6. The fourth-order valence-corrected chi connectivity index (χ4v) is 5.27. The summed E-state index contributed by atoms with van der Waals surface area (Å²) in [7, 11) is 4.02. The number of rotatable bonds is 7. The van der Waals surface area contributed by atoms with Gasteiger partial charge in [0.05, 0.1) is 12.7 Å². The second kappa shape index (κ2) is 11.4. The maximum absolute atomic E-state index is 13.4. The number of hydrogen-bond donors (Lipinski definition) is 1. The topological polar surface area (TPSA) is 89.3 Å². The molecule has 0 saturated carbocycles. The molecule has 10 nitrogen and oxygen atoms in total. The van der Waals surface area contributed by atoms with Crippen LogP contribution in [-0.4, -0.2) is 107 Å². The van der Waals surface area contributed by atoms with E-state index in [0.29, 0.717) is 38.4 Å². The Labute approximate surface area is 224 Å². The lowest BCUT2D eigenvalue weighted by atomic mass is 10.1. The number of nitrogens with one attached hydrogen (secondary N) is 1. The highest BCUT2D eigenvalue weighted by atomic mass is 16.2. The number of carbonyl (C=O) groups excluding carboxylic acids is 2. The van der Waals surface area contributed by atoms with E-state index in [1.807, 2.05) is 53.5 Å². The van der Waals surface area contributed by atoms with Crippen molar-refractivity contribution < 1.29 is 9.59 Å². The molecule has 2 fully saturated rings. The molecule has 0 bridgehead atoms. The molecule has 0 radical (unpaired) electrons. The van der Waals surface area contributed by atoms with Crippen molar-refractivity contribution in [1.82, 2.24) is 29.1 Å². The highest BCUT2D eigenvalue weighted by Gasteiger charge is 2.28. The molecule has 5 rings (SSSR count). The zero-order valence-electron chi connectivity index (χ0n) is 22.6. The van der Waals surface area contributed by atoms with Crippen LogP contribution in [-0.2, 0) is 9.59 Å². The number of amides is 2. The molecular formula is C28H38N8O2. The molecule has 2 saturated heterocycles. The Balaban J connectivity index is 1.24. The van der Waals surface area contributed by atoms with Crippen LogP contribution in [0.25, 0.3) is 16.9 Å². The predicted molar refractivity (Wildman–Crippen MR) is 149 cm³/mol. The van der Waals surface area contributed by atoms with Crippen LogP contribution >= 0.6 is 0 Å². The summed E-state index contributed by atoms with van der Waals surface area (Å²) < 4.78 is 1.94. The normalized spacial score (nSPS) is 17.4. The number of hydrogen-bond acceptors (Lipinski definition) is 7. The number of piperazine rings is 1. The first-order valence-corrected chi connectivity index (χ1v) is 13.6. The van der Waals surface area contributed by atoms with Crippen molar-refractivity contribution in [3.05, 3.63) is 42.9 Å². The van der Waals surface area contributed by atoms with Gasteiger partial charge >= 0.3 is 0 Å². The number of nitrogens with zero attached hydrogens (tertiary/aromatic N) is 7. The van der Waals surface area contributed by atoms with Gasteiger partial charge < -0.3 is 20.0 Å². The molecule has 1 atom stereocenters. The van der Waals surface area contributed by atoms with Gasteiger partial charge in [-0.25, -0.2) is 4.98 Å². The van der Waals surface area contributed by atoms with Crippen molar-refractivity contribution in [2.45, 2.75) is 32.2 Å².